The highest BCUT2D eigenvalue weighted by molar-refractivity contribution is 6.42. The Bertz CT molecular complexity index is 404. The fourth-order valence-corrected chi connectivity index (χ4v) is 3.19. The maximum atomic E-state index is 6.37. The second kappa shape index (κ2) is 6.79. The predicted molar refractivity (Wildman–Crippen MR) is 79.7 cm³/mol. The Morgan fingerprint density at radius 2 is 2.06 bits per heavy atom. The van der Waals surface area contributed by atoms with Gasteiger partial charge in [0.25, 0.3) is 0 Å². The van der Waals surface area contributed by atoms with Gasteiger partial charge in [-0.1, -0.05) is 61.9 Å². The van der Waals surface area contributed by atoms with Gasteiger partial charge in [-0.15, -0.1) is 0 Å². The van der Waals surface area contributed by atoms with Crippen molar-refractivity contribution >= 4 is 23.2 Å². The third-order valence-electron chi connectivity index (χ3n) is 3.70. The van der Waals surface area contributed by atoms with Gasteiger partial charge in [0.05, 0.1) is 10.0 Å². The standard InChI is InChI=1S/C15H21Cl2N/c1-2-3-4-5-6-13-14-11(9-10-18-13)7-8-12(16)15(14)17/h7-8,13,18H,2-6,9-10H2,1H3/t13-/m0/s1. The topological polar surface area (TPSA) is 12.0 Å². The molecule has 1 aliphatic heterocycles. The Morgan fingerprint density at radius 1 is 1.22 bits per heavy atom. The van der Waals surface area contributed by atoms with E-state index in [0.717, 1.165) is 24.4 Å². The van der Waals surface area contributed by atoms with E-state index in [2.05, 4.69) is 18.3 Å². The Morgan fingerprint density at radius 3 is 2.83 bits per heavy atom. The number of nitrogens with one attached hydrogen (secondary N) is 1. The number of fused-ring (bicyclic) bond motifs is 1. The van der Waals surface area contributed by atoms with Crippen molar-refractivity contribution < 1.29 is 0 Å². The fourth-order valence-electron chi connectivity index (χ4n) is 2.71. The molecule has 0 bridgehead atoms. The molecule has 1 nitrogen and oxygen atoms in total. The van der Waals surface area contributed by atoms with E-state index in [1.165, 1.54) is 36.8 Å². The van der Waals surface area contributed by atoms with Crippen LogP contribution in [0.1, 0.15) is 56.2 Å². The van der Waals surface area contributed by atoms with Gasteiger partial charge in [-0.3, -0.25) is 0 Å². The number of halogens is 2. The maximum Gasteiger partial charge on any atom is 0.0642 e. The number of hydrogen-bond acceptors (Lipinski definition) is 1. The molecule has 0 aromatic heterocycles. The summed E-state index contributed by atoms with van der Waals surface area (Å²) in [5, 5.41) is 5.01. The van der Waals surface area contributed by atoms with E-state index in [1.807, 2.05) is 6.07 Å². The van der Waals surface area contributed by atoms with Gasteiger partial charge in [-0.05, 0) is 36.6 Å². The maximum absolute atomic E-state index is 6.37. The summed E-state index contributed by atoms with van der Waals surface area (Å²) < 4.78 is 0. The lowest BCUT2D eigenvalue weighted by Crippen LogP contribution is -2.30. The molecule has 0 aliphatic carbocycles. The molecule has 0 amide bonds. The van der Waals surface area contributed by atoms with Crippen LogP contribution in [0, 0.1) is 0 Å². The van der Waals surface area contributed by atoms with E-state index in [0.29, 0.717) is 11.1 Å². The van der Waals surface area contributed by atoms with E-state index >= 15 is 0 Å². The van der Waals surface area contributed by atoms with Crippen LogP contribution >= 0.6 is 23.2 Å². The normalized spacial score (nSPS) is 18.7. The summed E-state index contributed by atoms with van der Waals surface area (Å²) in [6.45, 7) is 3.29. The second-order valence-electron chi connectivity index (χ2n) is 5.04. The molecule has 1 aromatic carbocycles. The lowest BCUT2D eigenvalue weighted by Gasteiger charge is -2.28. The first-order valence-electron chi connectivity index (χ1n) is 6.94. The zero-order chi connectivity index (χ0) is 13.0. The van der Waals surface area contributed by atoms with Crippen LogP contribution in [-0.2, 0) is 6.42 Å². The highest BCUT2D eigenvalue weighted by Gasteiger charge is 2.23. The van der Waals surface area contributed by atoms with Crippen LogP contribution in [0.3, 0.4) is 0 Å². The Hall–Kier alpha value is -0.240. The van der Waals surface area contributed by atoms with Gasteiger partial charge in [-0.25, -0.2) is 0 Å². The smallest absolute Gasteiger partial charge is 0.0642 e. The molecular weight excluding hydrogens is 265 g/mol. The first-order valence-corrected chi connectivity index (χ1v) is 7.69. The average Bonchev–Trinajstić information content (AvgIpc) is 2.39. The van der Waals surface area contributed by atoms with Crippen LogP contribution in [0.5, 0.6) is 0 Å². The van der Waals surface area contributed by atoms with Crippen molar-refractivity contribution in [2.24, 2.45) is 0 Å². The van der Waals surface area contributed by atoms with Crippen LogP contribution in [0.25, 0.3) is 0 Å². The molecule has 100 valence electrons. The minimum Gasteiger partial charge on any atom is -0.310 e. The van der Waals surface area contributed by atoms with E-state index in [-0.39, 0.29) is 0 Å². The molecule has 1 aliphatic rings. The van der Waals surface area contributed by atoms with Crippen LogP contribution in [0.2, 0.25) is 10.0 Å². The van der Waals surface area contributed by atoms with E-state index < -0.39 is 0 Å². The predicted octanol–water partition coefficient (Wildman–Crippen LogP) is 5.15. The van der Waals surface area contributed by atoms with Crippen LogP contribution < -0.4 is 5.32 Å². The first kappa shape index (κ1) is 14.2. The summed E-state index contributed by atoms with van der Waals surface area (Å²) in [4.78, 5) is 0. The van der Waals surface area contributed by atoms with E-state index in [4.69, 9.17) is 23.2 Å². The summed E-state index contributed by atoms with van der Waals surface area (Å²) in [5.74, 6) is 0. The van der Waals surface area contributed by atoms with Crippen LogP contribution in [0.15, 0.2) is 12.1 Å². The summed E-state index contributed by atoms with van der Waals surface area (Å²) in [6.07, 6.45) is 7.38. The largest absolute Gasteiger partial charge is 0.310 e. The molecule has 1 N–H and O–H groups in total. The van der Waals surface area contributed by atoms with Crippen molar-refractivity contribution in [3.05, 3.63) is 33.3 Å². The molecule has 1 atom stereocenters. The van der Waals surface area contributed by atoms with Gasteiger partial charge < -0.3 is 5.32 Å². The summed E-state index contributed by atoms with van der Waals surface area (Å²) >= 11 is 12.5. The molecule has 18 heavy (non-hydrogen) atoms. The Balaban J connectivity index is 2.09. The lowest BCUT2D eigenvalue weighted by atomic mass is 9.91. The SMILES string of the molecule is CCCCCC[C@@H]1NCCc2ccc(Cl)c(Cl)c21. The zero-order valence-electron chi connectivity index (χ0n) is 10.9. The Labute approximate surface area is 120 Å². The number of unbranched alkanes of at least 4 members (excludes halogenated alkanes) is 3. The third kappa shape index (κ3) is 3.20. The number of hydrogen-bond donors (Lipinski definition) is 1. The van der Waals surface area contributed by atoms with Crippen LogP contribution in [-0.4, -0.2) is 6.54 Å². The van der Waals surface area contributed by atoms with E-state index in [9.17, 15) is 0 Å². The van der Waals surface area contributed by atoms with E-state index in [1.54, 1.807) is 0 Å². The summed E-state index contributed by atoms with van der Waals surface area (Å²) in [7, 11) is 0. The van der Waals surface area contributed by atoms with Gasteiger partial charge in [0.15, 0.2) is 0 Å². The van der Waals surface area contributed by atoms with Gasteiger partial charge in [0.2, 0.25) is 0 Å². The molecule has 0 saturated heterocycles. The van der Waals surface area contributed by atoms with Crippen molar-refractivity contribution in [3.63, 3.8) is 0 Å². The monoisotopic (exact) mass is 285 g/mol. The molecule has 0 spiro atoms. The van der Waals surface area contributed by atoms with Crippen molar-refractivity contribution in [1.29, 1.82) is 0 Å². The third-order valence-corrected chi connectivity index (χ3v) is 4.52. The van der Waals surface area contributed by atoms with Gasteiger partial charge in [-0.2, -0.15) is 0 Å². The molecule has 0 unspecified atom stereocenters. The molecule has 0 fully saturated rings. The first-order chi connectivity index (χ1) is 8.74. The molecule has 1 heterocycles. The highest BCUT2D eigenvalue weighted by Crippen LogP contribution is 2.37. The minimum absolute atomic E-state index is 0.386. The van der Waals surface area contributed by atoms with Crippen molar-refractivity contribution in [1.82, 2.24) is 5.32 Å². The molecule has 0 saturated carbocycles. The highest BCUT2D eigenvalue weighted by atomic mass is 35.5. The molecule has 1 aromatic rings. The molecular formula is C15H21Cl2N. The molecule has 3 heteroatoms. The molecule has 0 radical (unpaired) electrons. The minimum atomic E-state index is 0.386. The van der Waals surface area contributed by atoms with Gasteiger partial charge >= 0.3 is 0 Å². The average molecular weight is 286 g/mol. The summed E-state index contributed by atoms with van der Waals surface area (Å²) in [6, 6.07) is 4.43. The van der Waals surface area contributed by atoms with Crippen molar-refractivity contribution in [2.75, 3.05) is 6.54 Å². The zero-order valence-corrected chi connectivity index (χ0v) is 12.4. The molecule has 2 rings (SSSR count). The van der Waals surface area contributed by atoms with Gasteiger partial charge in [0.1, 0.15) is 0 Å². The number of rotatable bonds is 5. The Kier molecular flexibility index (Phi) is 5.35. The van der Waals surface area contributed by atoms with Crippen LogP contribution in [0.4, 0.5) is 0 Å². The van der Waals surface area contributed by atoms with Crippen molar-refractivity contribution in [2.45, 2.75) is 51.5 Å². The quantitative estimate of drug-likeness (QED) is 0.738. The summed E-state index contributed by atoms with van der Waals surface area (Å²) in [5.41, 5.74) is 2.61. The fraction of sp³-hybridized carbons (Fsp3) is 0.600. The van der Waals surface area contributed by atoms with Crippen molar-refractivity contribution in [3.8, 4) is 0 Å². The number of benzene rings is 1. The van der Waals surface area contributed by atoms with Gasteiger partial charge in [0, 0.05) is 6.04 Å². The second-order valence-corrected chi connectivity index (χ2v) is 5.83. The lowest BCUT2D eigenvalue weighted by molar-refractivity contribution is 0.451.